The topological polar surface area (TPSA) is 91.4 Å². The Morgan fingerprint density at radius 3 is 2.88 bits per heavy atom. The molecule has 0 saturated heterocycles. The summed E-state index contributed by atoms with van der Waals surface area (Å²) in [5.41, 5.74) is 5.53. The van der Waals surface area contributed by atoms with Crippen LogP contribution in [0.5, 0.6) is 5.75 Å². The van der Waals surface area contributed by atoms with E-state index in [1.807, 2.05) is 18.2 Å². The van der Waals surface area contributed by atoms with Crippen LogP contribution >= 0.6 is 11.6 Å². The standard InChI is InChI=1S/C23H23ClN6O2/c1-30-7-6-13-9-19(32-2)18(8-15(13)12-30)28-23-26-11-16(24)21(29-23)27-17-5-3-4-14-10-25-22(31)20(14)17/h3-5,8-9,11H,6-7,10,12H2,1-2H3,(H,25,31)(H2,26,27,28,29). The largest absolute Gasteiger partial charge is 0.495 e. The van der Waals surface area contributed by atoms with Crippen molar-refractivity contribution < 1.29 is 9.53 Å². The Hall–Kier alpha value is -3.36. The zero-order chi connectivity index (χ0) is 22.2. The van der Waals surface area contributed by atoms with Gasteiger partial charge in [0.05, 0.1) is 30.2 Å². The van der Waals surface area contributed by atoms with E-state index >= 15 is 0 Å². The van der Waals surface area contributed by atoms with Crippen molar-refractivity contribution in [3.8, 4) is 5.75 Å². The second kappa shape index (κ2) is 8.29. The molecule has 2 aromatic carbocycles. The Balaban J connectivity index is 1.45. The number of anilines is 4. The van der Waals surface area contributed by atoms with Gasteiger partial charge in [0.2, 0.25) is 5.95 Å². The maximum absolute atomic E-state index is 12.2. The number of likely N-dealkylation sites (N-methyl/N-ethyl adjacent to an activating group) is 1. The molecular formula is C23H23ClN6O2. The third kappa shape index (κ3) is 3.83. The van der Waals surface area contributed by atoms with Crippen molar-refractivity contribution in [2.24, 2.45) is 0 Å². The summed E-state index contributed by atoms with van der Waals surface area (Å²) in [6.45, 7) is 2.42. The number of methoxy groups -OCH3 is 1. The van der Waals surface area contributed by atoms with Crippen LogP contribution in [0.25, 0.3) is 0 Å². The van der Waals surface area contributed by atoms with E-state index in [1.54, 1.807) is 7.11 Å². The molecule has 9 heteroatoms. The van der Waals surface area contributed by atoms with E-state index in [9.17, 15) is 4.79 Å². The van der Waals surface area contributed by atoms with E-state index in [4.69, 9.17) is 16.3 Å². The number of nitrogens with zero attached hydrogens (tertiary/aromatic N) is 3. The lowest BCUT2D eigenvalue weighted by atomic mass is 9.99. The van der Waals surface area contributed by atoms with Crippen molar-refractivity contribution in [2.45, 2.75) is 19.5 Å². The van der Waals surface area contributed by atoms with Gasteiger partial charge in [-0.05, 0) is 48.4 Å². The number of rotatable bonds is 5. The molecule has 0 bridgehead atoms. The first-order valence-corrected chi connectivity index (χ1v) is 10.7. The number of carbonyl (C=O) groups is 1. The van der Waals surface area contributed by atoms with Crippen LogP contribution in [-0.4, -0.2) is 41.5 Å². The zero-order valence-corrected chi connectivity index (χ0v) is 18.6. The minimum Gasteiger partial charge on any atom is -0.495 e. The number of amides is 1. The van der Waals surface area contributed by atoms with Crippen LogP contribution in [0.1, 0.15) is 27.0 Å². The number of fused-ring (bicyclic) bond motifs is 2. The maximum Gasteiger partial charge on any atom is 0.254 e. The molecule has 1 aromatic heterocycles. The SMILES string of the molecule is COc1cc2c(cc1Nc1ncc(Cl)c(Nc3cccc4c3C(=O)NC4)n1)CN(C)CC2. The number of nitrogens with one attached hydrogen (secondary N) is 3. The summed E-state index contributed by atoms with van der Waals surface area (Å²) in [6, 6.07) is 9.81. The minimum atomic E-state index is -0.115. The van der Waals surface area contributed by atoms with E-state index in [2.05, 4.69) is 50.0 Å². The quantitative estimate of drug-likeness (QED) is 0.543. The lowest BCUT2D eigenvalue weighted by Gasteiger charge is -2.26. The van der Waals surface area contributed by atoms with Crippen molar-refractivity contribution in [2.75, 3.05) is 31.3 Å². The molecule has 1 amide bonds. The molecule has 5 rings (SSSR count). The van der Waals surface area contributed by atoms with Crippen LogP contribution < -0.4 is 20.7 Å². The lowest BCUT2D eigenvalue weighted by molar-refractivity contribution is 0.0966. The van der Waals surface area contributed by atoms with E-state index in [1.165, 1.54) is 17.3 Å². The summed E-state index contributed by atoms with van der Waals surface area (Å²) >= 11 is 6.36. The maximum atomic E-state index is 12.2. The fourth-order valence-electron chi connectivity index (χ4n) is 4.14. The second-order valence-corrected chi connectivity index (χ2v) is 8.38. The Bertz CT molecular complexity index is 1220. The molecule has 32 heavy (non-hydrogen) atoms. The minimum absolute atomic E-state index is 0.115. The predicted octanol–water partition coefficient (Wildman–Crippen LogP) is 3.86. The number of ether oxygens (including phenoxy) is 1. The normalized spacial score (nSPS) is 15.0. The Morgan fingerprint density at radius 1 is 1.16 bits per heavy atom. The summed E-state index contributed by atoms with van der Waals surface area (Å²) in [5.74, 6) is 1.40. The first-order chi connectivity index (χ1) is 15.5. The van der Waals surface area contributed by atoms with Gasteiger partial charge >= 0.3 is 0 Å². The van der Waals surface area contributed by atoms with Gasteiger partial charge in [-0.25, -0.2) is 4.98 Å². The molecule has 164 valence electrons. The van der Waals surface area contributed by atoms with Crippen LogP contribution in [0.15, 0.2) is 36.5 Å². The predicted molar refractivity (Wildman–Crippen MR) is 124 cm³/mol. The molecule has 0 radical (unpaired) electrons. The van der Waals surface area contributed by atoms with Crippen LogP contribution in [0.2, 0.25) is 5.02 Å². The van der Waals surface area contributed by atoms with Crippen molar-refractivity contribution in [1.29, 1.82) is 0 Å². The van der Waals surface area contributed by atoms with Crippen LogP contribution in [0, 0.1) is 0 Å². The number of benzene rings is 2. The molecule has 0 aliphatic carbocycles. The third-order valence-corrected chi connectivity index (χ3v) is 6.06. The van der Waals surface area contributed by atoms with Gasteiger partial charge in [-0.2, -0.15) is 4.98 Å². The summed E-state index contributed by atoms with van der Waals surface area (Å²) in [5, 5.41) is 9.64. The Labute approximate surface area is 191 Å². The fourth-order valence-corrected chi connectivity index (χ4v) is 4.28. The highest BCUT2D eigenvalue weighted by Gasteiger charge is 2.23. The molecule has 3 aromatic rings. The molecule has 0 atom stereocenters. The summed E-state index contributed by atoms with van der Waals surface area (Å²) in [4.78, 5) is 23.4. The van der Waals surface area contributed by atoms with Gasteiger partial charge in [-0.1, -0.05) is 23.7 Å². The van der Waals surface area contributed by atoms with Crippen molar-refractivity contribution in [3.05, 3.63) is 63.8 Å². The summed E-state index contributed by atoms with van der Waals surface area (Å²) in [7, 11) is 3.76. The highest BCUT2D eigenvalue weighted by molar-refractivity contribution is 6.33. The smallest absolute Gasteiger partial charge is 0.254 e. The molecular weight excluding hydrogens is 428 g/mol. The number of carbonyl (C=O) groups excluding carboxylic acids is 1. The van der Waals surface area contributed by atoms with Gasteiger partial charge < -0.3 is 25.6 Å². The average molecular weight is 451 g/mol. The Morgan fingerprint density at radius 2 is 2.03 bits per heavy atom. The van der Waals surface area contributed by atoms with Gasteiger partial charge in [0.1, 0.15) is 10.8 Å². The number of hydrogen-bond donors (Lipinski definition) is 3. The number of aromatic nitrogens is 2. The molecule has 2 aliphatic heterocycles. The van der Waals surface area contributed by atoms with Crippen LogP contribution in [-0.2, 0) is 19.5 Å². The fraction of sp³-hybridized carbons (Fsp3) is 0.261. The van der Waals surface area contributed by atoms with Gasteiger partial charge in [0, 0.05) is 19.6 Å². The first kappa shape index (κ1) is 20.5. The number of halogens is 1. The highest BCUT2D eigenvalue weighted by atomic mass is 35.5. The summed E-state index contributed by atoms with van der Waals surface area (Å²) < 4.78 is 5.60. The van der Waals surface area contributed by atoms with Crippen molar-refractivity contribution in [1.82, 2.24) is 20.2 Å². The van der Waals surface area contributed by atoms with Crippen molar-refractivity contribution >= 4 is 40.6 Å². The van der Waals surface area contributed by atoms with E-state index < -0.39 is 0 Å². The van der Waals surface area contributed by atoms with Crippen LogP contribution in [0.4, 0.5) is 23.1 Å². The van der Waals surface area contributed by atoms with Gasteiger partial charge in [-0.3, -0.25) is 4.79 Å². The van der Waals surface area contributed by atoms with E-state index in [0.29, 0.717) is 34.6 Å². The zero-order valence-electron chi connectivity index (χ0n) is 17.8. The van der Waals surface area contributed by atoms with E-state index in [-0.39, 0.29) is 5.91 Å². The van der Waals surface area contributed by atoms with Gasteiger partial charge in [0.15, 0.2) is 5.82 Å². The van der Waals surface area contributed by atoms with Gasteiger partial charge in [-0.15, -0.1) is 0 Å². The van der Waals surface area contributed by atoms with Crippen LogP contribution in [0.3, 0.4) is 0 Å². The monoisotopic (exact) mass is 450 g/mol. The third-order valence-electron chi connectivity index (χ3n) is 5.79. The molecule has 2 aliphatic rings. The average Bonchev–Trinajstić information content (AvgIpc) is 3.17. The molecule has 3 heterocycles. The second-order valence-electron chi connectivity index (χ2n) is 7.97. The molecule has 0 saturated carbocycles. The molecule has 0 spiro atoms. The van der Waals surface area contributed by atoms with E-state index in [0.717, 1.165) is 36.5 Å². The molecule has 0 unspecified atom stereocenters. The lowest BCUT2D eigenvalue weighted by Crippen LogP contribution is -2.26. The summed E-state index contributed by atoms with van der Waals surface area (Å²) in [6.07, 6.45) is 2.52. The van der Waals surface area contributed by atoms with Gasteiger partial charge in [0.25, 0.3) is 5.91 Å². The molecule has 0 fully saturated rings. The molecule has 8 nitrogen and oxygen atoms in total. The molecule has 3 N–H and O–H groups in total. The van der Waals surface area contributed by atoms with Crippen molar-refractivity contribution in [3.63, 3.8) is 0 Å². The Kier molecular flexibility index (Phi) is 5.32. The number of hydrogen-bond acceptors (Lipinski definition) is 7. The highest BCUT2D eigenvalue weighted by Crippen LogP contribution is 2.34. The first-order valence-electron chi connectivity index (χ1n) is 10.4.